The second-order valence-corrected chi connectivity index (χ2v) is 8.10. The Morgan fingerprint density at radius 3 is 1.74 bits per heavy atom. The Labute approximate surface area is 182 Å². The van der Waals surface area contributed by atoms with Gasteiger partial charge in [-0.15, -0.1) is 0 Å². The van der Waals surface area contributed by atoms with Crippen LogP contribution in [0.2, 0.25) is 0 Å². The molecule has 1 aliphatic rings. The molecule has 0 atom stereocenters. The van der Waals surface area contributed by atoms with Crippen molar-refractivity contribution in [1.29, 1.82) is 0 Å². The van der Waals surface area contributed by atoms with Gasteiger partial charge in [0.05, 0.1) is 5.41 Å². The van der Waals surface area contributed by atoms with Crippen LogP contribution in [0.4, 0.5) is 8.78 Å². The molecule has 3 heteroatoms. The molecule has 158 valence electrons. The second-order valence-electron chi connectivity index (χ2n) is 8.10. The Morgan fingerprint density at radius 1 is 0.774 bits per heavy atom. The fourth-order valence-electron chi connectivity index (χ4n) is 4.88. The minimum Gasteiger partial charge on any atom is -0.384 e. The predicted molar refractivity (Wildman–Crippen MR) is 122 cm³/mol. The number of hydrogen-bond donors (Lipinski definition) is 0. The van der Waals surface area contributed by atoms with E-state index in [0.29, 0.717) is 13.0 Å². The van der Waals surface area contributed by atoms with Crippen LogP contribution in [0, 0.1) is 11.6 Å². The van der Waals surface area contributed by atoms with E-state index in [1.54, 1.807) is 7.11 Å². The summed E-state index contributed by atoms with van der Waals surface area (Å²) >= 11 is 0. The Hall–Kier alpha value is -3.04. The molecule has 3 aromatic carbocycles. The van der Waals surface area contributed by atoms with Crippen molar-refractivity contribution in [3.63, 3.8) is 0 Å². The van der Waals surface area contributed by atoms with Crippen LogP contribution in [0.25, 0.3) is 5.57 Å². The largest absolute Gasteiger partial charge is 0.384 e. The van der Waals surface area contributed by atoms with Gasteiger partial charge in [0.1, 0.15) is 11.6 Å². The van der Waals surface area contributed by atoms with Crippen LogP contribution < -0.4 is 0 Å². The molecule has 0 radical (unpaired) electrons. The van der Waals surface area contributed by atoms with Gasteiger partial charge < -0.3 is 4.74 Å². The first-order chi connectivity index (χ1) is 15.0. The smallest absolute Gasteiger partial charge is 0.123 e. The summed E-state index contributed by atoms with van der Waals surface area (Å²) in [6, 6.07) is 23.7. The van der Waals surface area contributed by atoms with Crippen LogP contribution >= 0.6 is 0 Å². The van der Waals surface area contributed by atoms with Crippen LogP contribution in [0.5, 0.6) is 0 Å². The third kappa shape index (κ3) is 3.53. The third-order valence-corrected chi connectivity index (χ3v) is 6.05. The summed E-state index contributed by atoms with van der Waals surface area (Å²) in [5.74, 6) is -0.552. The maximum Gasteiger partial charge on any atom is 0.123 e. The van der Waals surface area contributed by atoms with Crippen molar-refractivity contribution in [2.24, 2.45) is 0 Å². The molecule has 4 rings (SSSR count). The monoisotopic (exact) mass is 416 g/mol. The van der Waals surface area contributed by atoms with Gasteiger partial charge in [-0.1, -0.05) is 60.2 Å². The van der Waals surface area contributed by atoms with E-state index in [1.165, 1.54) is 46.6 Å². The van der Waals surface area contributed by atoms with E-state index < -0.39 is 5.41 Å². The average Bonchev–Trinajstić information content (AvgIpc) is 2.76. The molecule has 0 fully saturated rings. The molecule has 0 N–H and O–H groups in total. The third-order valence-electron chi connectivity index (χ3n) is 6.05. The Balaban J connectivity index is 2.08. The summed E-state index contributed by atoms with van der Waals surface area (Å²) in [5, 5.41) is 0. The summed E-state index contributed by atoms with van der Waals surface area (Å²) in [7, 11) is 1.70. The first kappa shape index (κ1) is 21.2. The lowest BCUT2D eigenvalue weighted by Crippen LogP contribution is -2.42. The molecule has 1 aliphatic carbocycles. The minimum atomic E-state index is -0.579. The topological polar surface area (TPSA) is 9.23 Å². The van der Waals surface area contributed by atoms with Crippen molar-refractivity contribution in [3.8, 4) is 0 Å². The van der Waals surface area contributed by atoms with Gasteiger partial charge in [-0.25, -0.2) is 8.78 Å². The molecule has 0 bridgehead atoms. The standard InChI is InChI=1S/C28H26F2O/c1-19(2)27-26(20-7-5-4-6-8-20)25(17-18-31-3)28(27,21-9-13-23(29)14-10-21)22-11-15-24(30)16-12-22/h4-16H,17-18H2,1-3H3. The number of methoxy groups -OCH3 is 1. The zero-order valence-electron chi connectivity index (χ0n) is 18.1. The lowest BCUT2D eigenvalue weighted by Gasteiger charge is -2.51. The highest BCUT2D eigenvalue weighted by atomic mass is 19.1. The van der Waals surface area contributed by atoms with Gasteiger partial charge in [0.15, 0.2) is 0 Å². The number of ether oxygens (including phenoxy) is 1. The minimum absolute atomic E-state index is 0.276. The van der Waals surface area contributed by atoms with E-state index in [1.807, 2.05) is 42.5 Å². The highest BCUT2D eigenvalue weighted by molar-refractivity contribution is 5.98. The van der Waals surface area contributed by atoms with Crippen LogP contribution in [0.3, 0.4) is 0 Å². The summed E-state index contributed by atoms with van der Waals surface area (Å²) in [6.07, 6.45) is 0.715. The Morgan fingerprint density at radius 2 is 1.29 bits per heavy atom. The summed E-state index contributed by atoms with van der Waals surface area (Å²) < 4.78 is 33.2. The predicted octanol–water partition coefficient (Wildman–Crippen LogP) is 7.09. The van der Waals surface area contributed by atoms with Crippen LogP contribution in [-0.2, 0) is 10.2 Å². The zero-order valence-corrected chi connectivity index (χ0v) is 18.1. The maximum absolute atomic E-state index is 13.9. The van der Waals surface area contributed by atoms with Crippen molar-refractivity contribution in [2.45, 2.75) is 25.7 Å². The first-order valence-corrected chi connectivity index (χ1v) is 10.5. The maximum atomic E-state index is 13.9. The second kappa shape index (κ2) is 8.60. The van der Waals surface area contributed by atoms with Crippen molar-refractivity contribution in [2.75, 3.05) is 13.7 Å². The highest BCUT2D eigenvalue weighted by Crippen LogP contribution is 2.62. The Kier molecular flexibility index (Phi) is 5.88. The summed E-state index contributed by atoms with van der Waals surface area (Å²) in [4.78, 5) is 0. The normalized spacial score (nSPS) is 15.1. The quantitative estimate of drug-likeness (QED) is 0.417. The number of benzene rings is 3. The molecule has 0 amide bonds. The summed E-state index contributed by atoms with van der Waals surface area (Å²) in [5.41, 5.74) is 7.27. The van der Waals surface area contributed by atoms with Gasteiger partial charge in [-0.3, -0.25) is 0 Å². The fraction of sp³-hybridized carbons (Fsp3) is 0.214. The summed E-state index contributed by atoms with van der Waals surface area (Å²) in [6.45, 7) is 4.77. The molecular formula is C28H26F2O. The van der Waals surface area contributed by atoms with Crippen molar-refractivity contribution < 1.29 is 13.5 Å². The van der Waals surface area contributed by atoms with E-state index in [-0.39, 0.29) is 11.6 Å². The fourth-order valence-corrected chi connectivity index (χ4v) is 4.88. The molecule has 0 heterocycles. The van der Waals surface area contributed by atoms with Gasteiger partial charge in [0.2, 0.25) is 0 Å². The molecule has 0 spiro atoms. The highest BCUT2D eigenvalue weighted by Gasteiger charge is 2.52. The van der Waals surface area contributed by atoms with Crippen LogP contribution in [-0.4, -0.2) is 13.7 Å². The van der Waals surface area contributed by atoms with Crippen molar-refractivity contribution in [3.05, 3.63) is 124 Å². The van der Waals surface area contributed by atoms with Crippen LogP contribution in [0.15, 0.2) is 95.6 Å². The van der Waals surface area contributed by atoms with Gasteiger partial charge in [-0.05, 0) is 77.9 Å². The van der Waals surface area contributed by atoms with Gasteiger partial charge in [0, 0.05) is 13.7 Å². The van der Waals surface area contributed by atoms with E-state index in [9.17, 15) is 8.78 Å². The Bertz CT molecular complexity index is 1070. The molecule has 31 heavy (non-hydrogen) atoms. The lowest BCUT2D eigenvalue weighted by atomic mass is 9.51. The van der Waals surface area contributed by atoms with Crippen molar-refractivity contribution in [1.82, 2.24) is 0 Å². The molecule has 0 unspecified atom stereocenters. The molecule has 0 saturated carbocycles. The van der Waals surface area contributed by atoms with Gasteiger partial charge in [0.25, 0.3) is 0 Å². The van der Waals surface area contributed by atoms with Crippen LogP contribution in [0.1, 0.15) is 37.0 Å². The van der Waals surface area contributed by atoms with E-state index >= 15 is 0 Å². The molecule has 1 nitrogen and oxygen atoms in total. The van der Waals surface area contributed by atoms with E-state index in [2.05, 4.69) is 26.0 Å². The van der Waals surface area contributed by atoms with E-state index in [0.717, 1.165) is 16.7 Å². The zero-order chi connectivity index (χ0) is 22.0. The number of rotatable bonds is 6. The molecule has 3 aromatic rings. The molecule has 0 aromatic heterocycles. The van der Waals surface area contributed by atoms with Gasteiger partial charge >= 0.3 is 0 Å². The van der Waals surface area contributed by atoms with Crippen molar-refractivity contribution >= 4 is 5.57 Å². The average molecular weight is 417 g/mol. The number of halogens is 2. The van der Waals surface area contributed by atoms with Gasteiger partial charge in [-0.2, -0.15) is 0 Å². The lowest BCUT2D eigenvalue weighted by molar-refractivity contribution is 0.199. The first-order valence-electron chi connectivity index (χ1n) is 10.5. The molecule has 0 aliphatic heterocycles. The van der Waals surface area contributed by atoms with E-state index in [4.69, 9.17) is 4.74 Å². The number of hydrogen-bond acceptors (Lipinski definition) is 1. The SMILES string of the molecule is COCCC1=C(c2ccccc2)C(=C(C)C)C1(c1ccc(F)cc1)c1ccc(F)cc1. The molecular weight excluding hydrogens is 390 g/mol. The molecule has 0 saturated heterocycles. The number of allylic oxidation sites excluding steroid dienone is 3.